The quantitative estimate of drug-likeness (QED) is 0.543. The molecule has 86 valence electrons. The zero-order valence-electron chi connectivity index (χ0n) is 9.80. The van der Waals surface area contributed by atoms with Crippen molar-refractivity contribution < 1.29 is 4.74 Å². The molecule has 2 aromatic rings. The van der Waals surface area contributed by atoms with Gasteiger partial charge in [-0.25, -0.2) is 0 Å². The molecule has 1 heteroatoms. The van der Waals surface area contributed by atoms with E-state index in [9.17, 15) is 0 Å². The minimum Gasteiger partial charge on any atom is -0.493 e. The molecule has 0 N–H and O–H groups in total. The molecular formula is C16H16O. The SMILES string of the molecule is C=CCCOc1ccccc1-c1ccccc1. The van der Waals surface area contributed by atoms with Gasteiger partial charge in [0.1, 0.15) is 5.75 Å². The Balaban J connectivity index is 2.25. The number of para-hydroxylation sites is 1. The monoisotopic (exact) mass is 224 g/mol. The van der Waals surface area contributed by atoms with Crippen molar-refractivity contribution in [2.24, 2.45) is 0 Å². The van der Waals surface area contributed by atoms with Gasteiger partial charge in [0.15, 0.2) is 0 Å². The Morgan fingerprint density at radius 1 is 0.941 bits per heavy atom. The fourth-order valence-corrected chi connectivity index (χ4v) is 1.70. The summed E-state index contributed by atoms with van der Waals surface area (Å²) in [7, 11) is 0. The number of ether oxygens (including phenoxy) is 1. The van der Waals surface area contributed by atoms with E-state index in [1.165, 1.54) is 5.56 Å². The third-order valence-electron chi connectivity index (χ3n) is 2.55. The fraction of sp³-hybridized carbons (Fsp3) is 0.125. The van der Waals surface area contributed by atoms with Crippen molar-refractivity contribution in [3.05, 3.63) is 67.3 Å². The Labute approximate surface area is 102 Å². The Kier molecular flexibility index (Phi) is 3.98. The minimum absolute atomic E-state index is 0.674. The van der Waals surface area contributed by atoms with Gasteiger partial charge in [-0.1, -0.05) is 54.6 Å². The summed E-state index contributed by atoms with van der Waals surface area (Å²) in [6.45, 7) is 4.37. The van der Waals surface area contributed by atoms with Gasteiger partial charge in [0.05, 0.1) is 6.61 Å². The average molecular weight is 224 g/mol. The van der Waals surface area contributed by atoms with Gasteiger partial charge >= 0.3 is 0 Å². The molecule has 0 aromatic heterocycles. The van der Waals surface area contributed by atoms with Gasteiger partial charge in [-0.05, 0) is 18.1 Å². The van der Waals surface area contributed by atoms with E-state index in [-0.39, 0.29) is 0 Å². The topological polar surface area (TPSA) is 9.23 Å². The Hall–Kier alpha value is -2.02. The van der Waals surface area contributed by atoms with E-state index in [4.69, 9.17) is 4.74 Å². The lowest BCUT2D eigenvalue weighted by Gasteiger charge is -2.10. The van der Waals surface area contributed by atoms with Crippen LogP contribution in [0.25, 0.3) is 11.1 Å². The molecule has 0 aliphatic rings. The van der Waals surface area contributed by atoms with Crippen LogP contribution in [0.4, 0.5) is 0 Å². The average Bonchev–Trinajstić information content (AvgIpc) is 2.41. The van der Waals surface area contributed by atoms with Crippen LogP contribution in [0.15, 0.2) is 67.3 Å². The molecule has 0 saturated heterocycles. The van der Waals surface area contributed by atoms with E-state index in [1.807, 2.05) is 42.5 Å². The van der Waals surface area contributed by atoms with E-state index >= 15 is 0 Å². The molecule has 0 fully saturated rings. The van der Waals surface area contributed by atoms with Crippen molar-refractivity contribution in [1.82, 2.24) is 0 Å². The molecule has 0 spiro atoms. The molecule has 0 unspecified atom stereocenters. The number of rotatable bonds is 5. The van der Waals surface area contributed by atoms with Crippen molar-refractivity contribution in [3.8, 4) is 16.9 Å². The first-order valence-electron chi connectivity index (χ1n) is 5.80. The lowest BCUT2D eigenvalue weighted by molar-refractivity contribution is 0.326. The summed E-state index contributed by atoms with van der Waals surface area (Å²) in [6, 6.07) is 18.4. The van der Waals surface area contributed by atoms with Crippen LogP contribution in [-0.2, 0) is 0 Å². The summed E-state index contributed by atoms with van der Waals surface area (Å²) in [6.07, 6.45) is 2.73. The third-order valence-corrected chi connectivity index (χ3v) is 2.55. The maximum atomic E-state index is 5.76. The van der Waals surface area contributed by atoms with Crippen LogP contribution < -0.4 is 4.74 Å². The molecule has 0 aliphatic carbocycles. The third kappa shape index (κ3) is 2.97. The zero-order chi connectivity index (χ0) is 11.9. The lowest BCUT2D eigenvalue weighted by Crippen LogP contribution is -1.97. The highest BCUT2D eigenvalue weighted by molar-refractivity contribution is 5.70. The van der Waals surface area contributed by atoms with Crippen LogP contribution in [0.2, 0.25) is 0 Å². The van der Waals surface area contributed by atoms with Gasteiger partial charge in [-0.3, -0.25) is 0 Å². The second kappa shape index (κ2) is 5.90. The maximum absolute atomic E-state index is 5.76. The number of hydrogen-bond donors (Lipinski definition) is 0. The second-order valence-corrected chi connectivity index (χ2v) is 3.79. The molecule has 0 aliphatic heterocycles. The summed E-state index contributed by atoms with van der Waals surface area (Å²) < 4.78 is 5.76. The minimum atomic E-state index is 0.674. The molecule has 0 amide bonds. The molecule has 17 heavy (non-hydrogen) atoms. The smallest absolute Gasteiger partial charge is 0.127 e. The summed E-state index contributed by atoms with van der Waals surface area (Å²) in [5.74, 6) is 0.931. The van der Waals surface area contributed by atoms with Gasteiger partial charge in [0.2, 0.25) is 0 Å². The Morgan fingerprint density at radius 3 is 2.41 bits per heavy atom. The molecular weight excluding hydrogens is 208 g/mol. The van der Waals surface area contributed by atoms with Crippen molar-refractivity contribution in [1.29, 1.82) is 0 Å². The molecule has 0 atom stereocenters. The maximum Gasteiger partial charge on any atom is 0.127 e. The molecule has 2 rings (SSSR count). The van der Waals surface area contributed by atoms with Gasteiger partial charge < -0.3 is 4.74 Å². The van der Waals surface area contributed by atoms with E-state index in [0.29, 0.717) is 6.61 Å². The van der Waals surface area contributed by atoms with Gasteiger partial charge in [0.25, 0.3) is 0 Å². The molecule has 0 heterocycles. The number of hydrogen-bond acceptors (Lipinski definition) is 1. The highest BCUT2D eigenvalue weighted by Gasteiger charge is 2.04. The van der Waals surface area contributed by atoms with Crippen molar-refractivity contribution in [3.63, 3.8) is 0 Å². The highest BCUT2D eigenvalue weighted by atomic mass is 16.5. The zero-order valence-corrected chi connectivity index (χ0v) is 9.80. The summed E-state index contributed by atoms with van der Waals surface area (Å²) in [5, 5.41) is 0. The van der Waals surface area contributed by atoms with Crippen molar-refractivity contribution in [2.75, 3.05) is 6.61 Å². The predicted octanol–water partition coefficient (Wildman–Crippen LogP) is 4.31. The Morgan fingerprint density at radius 2 is 1.65 bits per heavy atom. The van der Waals surface area contributed by atoms with Gasteiger partial charge in [-0.15, -0.1) is 6.58 Å². The molecule has 0 saturated carbocycles. The lowest BCUT2D eigenvalue weighted by atomic mass is 10.1. The van der Waals surface area contributed by atoms with Gasteiger partial charge in [0, 0.05) is 5.56 Å². The predicted molar refractivity (Wildman–Crippen MR) is 72.2 cm³/mol. The second-order valence-electron chi connectivity index (χ2n) is 3.79. The van der Waals surface area contributed by atoms with Crippen LogP contribution in [0, 0.1) is 0 Å². The first-order valence-corrected chi connectivity index (χ1v) is 5.80. The summed E-state index contributed by atoms with van der Waals surface area (Å²) in [5.41, 5.74) is 2.32. The first kappa shape index (κ1) is 11.5. The van der Waals surface area contributed by atoms with E-state index in [2.05, 4.69) is 24.8 Å². The van der Waals surface area contributed by atoms with Gasteiger partial charge in [-0.2, -0.15) is 0 Å². The van der Waals surface area contributed by atoms with Crippen LogP contribution in [0.5, 0.6) is 5.75 Å². The van der Waals surface area contributed by atoms with Crippen LogP contribution in [0.1, 0.15) is 6.42 Å². The first-order chi connectivity index (χ1) is 8.42. The van der Waals surface area contributed by atoms with Crippen molar-refractivity contribution >= 4 is 0 Å². The number of benzene rings is 2. The van der Waals surface area contributed by atoms with Crippen LogP contribution >= 0.6 is 0 Å². The van der Waals surface area contributed by atoms with Crippen molar-refractivity contribution in [2.45, 2.75) is 6.42 Å². The van der Waals surface area contributed by atoms with Crippen LogP contribution in [-0.4, -0.2) is 6.61 Å². The summed E-state index contributed by atoms with van der Waals surface area (Å²) >= 11 is 0. The molecule has 0 bridgehead atoms. The normalized spacial score (nSPS) is 9.88. The Bertz CT molecular complexity index is 474. The van der Waals surface area contributed by atoms with E-state index < -0.39 is 0 Å². The van der Waals surface area contributed by atoms with E-state index in [1.54, 1.807) is 0 Å². The largest absolute Gasteiger partial charge is 0.493 e. The van der Waals surface area contributed by atoms with Crippen LogP contribution in [0.3, 0.4) is 0 Å². The van der Waals surface area contributed by atoms with E-state index in [0.717, 1.165) is 17.7 Å². The molecule has 1 nitrogen and oxygen atoms in total. The fourth-order valence-electron chi connectivity index (χ4n) is 1.70. The standard InChI is InChI=1S/C16H16O/c1-2-3-13-17-16-12-8-7-11-15(16)14-9-5-4-6-10-14/h2,4-12H,1,3,13H2. The summed E-state index contributed by atoms with van der Waals surface area (Å²) in [4.78, 5) is 0. The molecule has 2 aromatic carbocycles. The highest BCUT2D eigenvalue weighted by Crippen LogP contribution is 2.29. The molecule has 0 radical (unpaired) electrons.